The maximum atomic E-state index is 12.7. The van der Waals surface area contributed by atoms with E-state index in [1.807, 2.05) is 0 Å². The van der Waals surface area contributed by atoms with Gasteiger partial charge in [0.2, 0.25) is 0 Å². The molecule has 1 saturated heterocycles. The fourth-order valence-electron chi connectivity index (χ4n) is 3.02. The van der Waals surface area contributed by atoms with E-state index >= 15 is 0 Å². The van der Waals surface area contributed by atoms with Crippen LogP contribution in [-0.2, 0) is 11.0 Å². The molecule has 5 nitrogen and oxygen atoms in total. The lowest BCUT2D eigenvalue weighted by atomic mass is 9.96. The van der Waals surface area contributed by atoms with Gasteiger partial charge in [-0.3, -0.25) is 9.69 Å². The Balaban J connectivity index is 1.76. The molecule has 0 radical (unpaired) electrons. The molecule has 8 heteroatoms. The summed E-state index contributed by atoms with van der Waals surface area (Å²) in [6, 6.07) is 3.61. The number of halogens is 3. The quantitative estimate of drug-likeness (QED) is 0.826. The van der Waals surface area contributed by atoms with Crippen molar-refractivity contribution in [2.75, 3.05) is 6.54 Å². The van der Waals surface area contributed by atoms with Crippen LogP contribution in [-0.4, -0.2) is 34.0 Å². The molecule has 0 unspecified atom stereocenters. The Hall–Kier alpha value is -2.09. The van der Waals surface area contributed by atoms with E-state index in [4.69, 9.17) is 0 Å². The van der Waals surface area contributed by atoms with Crippen LogP contribution in [0.5, 0.6) is 0 Å². The first kappa shape index (κ1) is 16.8. The van der Waals surface area contributed by atoms with Crippen LogP contribution in [0.25, 0.3) is 0 Å². The van der Waals surface area contributed by atoms with E-state index in [0.29, 0.717) is 0 Å². The standard InChI is InChI=1S/C16H17F3N2O3/c1-15(10-5-6-10)13(23)21(14(24)20-15)8-12(22)9-3-2-4-11(7-9)16(17,18)19/h2-4,7,10,12,22H,5-6,8H2,1H3,(H,20,24)/t12-,15+/m1/s1. The summed E-state index contributed by atoms with van der Waals surface area (Å²) < 4.78 is 38.2. The molecule has 0 spiro atoms. The first-order valence-electron chi connectivity index (χ1n) is 7.62. The van der Waals surface area contributed by atoms with Crippen LogP contribution in [0.15, 0.2) is 24.3 Å². The van der Waals surface area contributed by atoms with Gasteiger partial charge in [0.05, 0.1) is 18.2 Å². The first-order chi connectivity index (χ1) is 11.1. The van der Waals surface area contributed by atoms with Gasteiger partial charge in [0.15, 0.2) is 0 Å². The highest BCUT2D eigenvalue weighted by molar-refractivity contribution is 6.07. The minimum Gasteiger partial charge on any atom is -0.387 e. The number of nitrogens with one attached hydrogen (secondary N) is 1. The second-order valence-corrected chi connectivity index (χ2v) is 6.46. The largest absolute Gasteiger partial charge is 0.416 e. The number of carbonyl (C=O) groups is 2. The van der Waals surface area contributed by atoms with Crippen molar-refractivity contribution in [2.45, 2.75) is 37.6 Å². The highest BCUT2D eigenvalue weighted by Gasteiger charge is 2.56. The van der Waals surface area contributed by atoms with Crippen molar-refractivity contribution >= 4 is 11.9 Å². The minimum atomic E-state index is -4.53. The topological polar surface area (TPSA) is 69.6 Å². The van der Waals surface area contributed by atoms with Crippen LogP contribution in [0, 0.1) is 5.92 Å². The zero-order chi connectivity index (χ0) is 17.7. The van der Waals surface area contributed by atoms with Crippen molar-refractivity contribution in [2.24, 2.45) is 5.92 Å². The van der Waals surface area contributed by atoms with Gasteiger partial charge in [0, 0.05) is 0 Å². The smallest absolute Gasteiger partial charge is 0.387 e. The number of hydrogen-bond donors (Lipinski definition) is 2. The molecule has 0 bridgehead atoms. The molecule has 2 N–H and O–H groups in total. The molecule has 3 rings (SSSR count). The Bertz CT molecular complexity index is 687. The molecule has 2 atom stereocenters. The van der Waals surface area contributed by atoms with Crippen LogP contribution >= 0.6 is 0 Å². The second-order valence-electron chi connectivity index (χ2n) is 6.46. The lowest BCUT2D eigenvalue weighted by Gasteiger charge is -2.22. The van der Waals surface area contributed by atoms with E-state index in [1.54, 1.807) is 6.92 Å². The third-order valence-corrected chi connectivity index (χ3v) is 4.65. The summed E-state index contributed by atoms with van der Waals surface area (Å²) in [7, 11) is 0. The summed E-state index contributed by atoms with van der Waals surface area (Å²) in [5, 5.41) is 12.8. The Morgan fingerprint density at radius 3 is 2.62 bits per heavy atom. The number of hydrogen-bond acceptors (Lipinski definition) is 3. The minimum absolute atomic E-state index is 0.00505. The van der Waals surface area contributed by atoms with Gasteiger partial charge in [-0.1, -0.05) is 12.1 Å². The van der Waals surface area contributed by atoms with Crippen molar-refractivity contribution in [3.63, 3.8) is 0 Å². The number of aliphatic hydroxyl groups is 1. The highest BCUT2D eigenvalue weighted by Crippen LogP contribution is 2.43. The van der Waals surface area contributed by atoms with Crippen LogP contribution in [0.2, 0.25) is 0 Å². The van der Waals surface area contributed by atoms with Gasteiger partial charge in [0.25, 0.3) is 5.91 Å². The van der Waals surface area contributed by atoms with Crippen molar-refractivity contribution in [1.82, 2.24) is 10.2 Å². The molecule has 2 aliphatic rings. The van der Waals surface area contributed by atoms with Gasteiger partial charge in [-0.05, 0) is 43.4 Å². The average molecular weight is 342 g/mol. The third-order valence-electron chi connectivity index (χ3n) is 4.65. The number of alkyl halides is 3. The van der Waals surface area contributed by atoms with Crippen LogP contribution in [0.3, 0.4) is 0 Å². The molecule has 1 aliphatic heterocycles. The number of nitrogens with zero attached hydrogens (tertiary/aromatic N) is 1. The Morgan fingerprint density at radius 2 is 2.04 bits per heavy atom. The average Bonchev–Trinajstić information content (AvgIpc) is 3.33. The normalized spacial score (nSPS) is 25.8. The molecule has 1 aliphatic carbocycles. The van der Waals surface area contributed by atoms with E-state index in [9.17, 15) is 27.9 Å². The van der Waals surface area contributed by atoms with Crippen molar-refractivity contribution in [1.29, 1.82) is 0 Å². The van der Waals surface area contributed by atoms with Gasteiger partial charge in [-0.15, -0.1) is 0 Å². The van der Waals surface area contributed by atoms with E-state index in [2.05, 4.69) is 5.32 Å². The van der Waals surface area contributed by atoms with Gasteiger partial charge >= 0.3 is 12.2 Å². The molecular weight excluding hydrogens is 325 g/mol. The van der Waals surface area contributed by atoms with Crippen molar-refractivity contribution < 1.29 is 27.9 Å². The van der Waals surface area contributed by atoms with Crippen LogP contribution in [0.4, 0.5) is 18.0 Å². The molecule has 1 aromatic rings. The number of benzene rings is 1. The molecule has 130 valence electrons. The lowest BCUT2D eigenvalue weighted by Crippen LogP contribution is -2.46. The molecule has 1 aromatic carbocycles. The lowest BCUT2D eigenvalue weighted by molar-refractivity contribution is -0.138. The van der Waals surface area contributed by atoms with Gasteiger partial charge in [-0.25, -0.2) is 4.79 Å². The fourth-order valence-corrected chi connectivity index (χ4v) is 3.02. The summed E-state index contributed by atoms with van der Waals surface area (Å²) in [6.07, 6.45) is -4.23. The number of imide groups is 1. The number of aliphatic hydroxyl groups excluding tert-OH is 1. The van der Waals surface area contributed by atoms with Crippen LogP contribution in [0.1, 0.15) is 37.0 Å². The Labute approximate surface area is 136 Å². The zero-order valence-corrected chi connectivity index (χ0v) is 12.9. The molecule has 3 amide bonds. The Morgan fingerprint density at radius 1 is 1.38 bits per heavy atom. The van der Waals surface area contributed by atoms with Crippen molar-refractivity contribution in [3.8, 4) is 0 Å². The molecule has 0 aromatic heterocycles. The summed E-state index contributed by atoms with van der Waals surface area (Å²) in [4.78, 5) is 25.4. The van der Waals surface area contributed by atoms with E-state index in [-0.39, 0.29) is 18.0 Å². The number of rotatable bonds is 4. The Kier molecular flexibility index (Phi) is 3.82. The number of carbonyl (C=O) groups excluding carboxylic acids is 2. The first-order valence-corrected chi connectivity index (χ1v) is 7.62. The summed E-state index contributed by atoms with van der Waals surface area (Å²) in [5.74, 6) is -0.370. The fraction of sp³-hybridized carbons (Fsp3) is 0.500. The number of β-amino-alcohol motifs (C(OH)–C–C–N with tert-alkyl or cyclic N) is 1. The van der Waals surface area contributed by atoms with E-state index in [1.165, 1.54) is 12.1 Å². The van der Waals surface area contributed by atoms with Gasteiger partial charge in [0.1, 0.15) is 5.54 Å². The van der Waals surface area contributed by atoms with Crippen molar-refractivity contribution in [3.05, 3.63) is 35.4 Å². The molecule has 24 heavy (non-hydrogen) atoms. The maximum absolute atomic E-state index is 12.7. The maximum Gasteiger partial charge on any atom is 0.416 e. The predicted octanol–water partition coefficient (Wildman–Crippen LogP) is 2.46. The van der Waals surface area contributed by atoms with Gasteiger partial charge in [-0.2, -0.15) is 13.2 Å². The predicted molar refractivity (Wildman–Crippen MR) is 77.8 cm³/mol. The van der Waals surface area contributed by atoms with Gasteiger partial charge < -0.3 is 10.4 Å². The summed E-state index contributed by atoms with van der Waals surface area (Å²) >= 11 is 0. The SMILES string of the molecule is C[C@@]1(C2CC2)NC(=O)N(C[C@@H](O)c2cccc(C(F)(F)F)c2)C1=O. The molecular formula is C16H17F3N2O3. The zero-order valence-electron chi connectivity index (χ0n) is 12.9. The molecule has 1 saturated carbocycles. The summed E-state index contributed by atoms with van der Waals surface area (Å²) in [6.45, 7) is 1.26. The number of amides is 3. The molecule has 2 fully saturated rings. The molecule has 1 heterocycles. The van der Waals surface area contributed by atoms with Crippen LogP contribution < -0.4 is 5.32 Å². The van der Waals surface area contributed by atoms with E-state index in [0.717, 1.165) is 29.9 Å². The second kappa shape index (κ2) is 5.47. The third kappa shape index (κ3) is 2.86. The monoisotopic (exact) mass is 342 g/mol. The van der Waals surface area contributed by atoms with E-state index < -0.39 is 35.3 Å². The number of urea groups is 1. The summed E-state index contributed by atoms with van der Waals surface area (Å²) in [5.41, 5.74) is -1.87. The highest BCUT2D eigenvalue weighted by atomic mass is 19.4.